The zero-order valence-corrected chi connectivity index (χ0v) is 17.0. The molecule has 0 radical (unpaired) electrons. The highest BCUT2D eigenvalue weighted by Gasteiger charge is 2.40. The van der Waals surface area contributed by atoms with Gasteiger partial charge in [0.2, 0.25) is 0 Å². The Balaban J connectivity index is 1.67. The Morgan fingerprint density at radius 3 is 2.79 bits per heavy atom. The number of fused-ring (bicyclic) bond motifs is 1. The summed E-state index contributed by atoms with van der Waals surface area (Å²) in [6.07, 6.45) is 14.1. The maximum atomic E-state index is 5.76. The molecule has 1 aromatic carbocycles. The van der Waals surface area contributed by atoms with E-state index in [0.29, 0.717) is 5.92 Å². The molecule has 2 atom stereocenters. The van der Waals surface area contributed by atoms with Gasteiger partial charge in [-0.05, 0) is 90.6 Å². The van der Waals surface area contributed by atoms with E-state index >= 15 is 0 Å². The van der Waals surface area contributed by atoms with Crippen LogP contribution in [0.15, 0.2) is 89.0 Å². The summed E-state index contributed by atoms with van der Waals surface area (Å²) in [6.45, 7) is 2.14. The molecule has 0 spiro atoms. The standard InChI is InChI=1S/C26H25NS/c1-2-23-24(7-4-3-6-22-18-25(22)23)20(15-16-27)12-9-19-10-13-21(14-11-19)26-8-5-17-28-26/h2,4-5,7-8,10-11,13-17,22,25H,3,6,18,27H2,1H3/b7-4-,16-15-,23-2-,24-20-. The second-order valence-electron chi connectivity index (χ2n) is 7.32. The van der Waals surface area contributed by atoms with E-state index in [1.54, 1.807) is 17.5 Å². The van der Waals surface area contributed by atoms with Gasteiger partial charge in [-0.2, -0.15) is 0 Å². The molecule has 1 aromatic heterocycles. The second kappa shape index (κ2) is 8.50. The minimum Gasteiger partial charge on any atom is -0.405 e. The van der Waals surface area contributed by atoms with Crippen LogP contribution in [-0.4, -0.2) is 0 Å². The van der Waals surface area contributed by atoms with Crippen LogP contribution in [0.3, 0.4) is 0 Å². The van der Waals surface area contributed by atoms with Crippen LogP contribution in [0.5, 0.6) is 0 Å². The zero-order chi connectivity index (χ0) is 19.3. The number of hydrogen-bond donors (Lipinski definition) is 1. The van der Waals surface area contributed by atoms with Crippen LogP contribution in [0.1, 0.15) is 31.7 Å². The molecule has 2 N–H and O–H groups in total. The molecule has 0 aliphatic heterocycles. The van der Waals surface area contributed by atoms with Gasteiger partial charge in [-0.25, -0.2) is 0 Å². The molecule has 2 aliphatic rings. The number of hydrogen-bond acceptors (Lipinski definition) is 2. The topological polar surface area (TPSA) is 26.0 Å². The summed E-state index contributed by atoms with van der Waals surface area (Å²) >= 11 is 1.76. The van der Waals surface area contributed by atoms with Crippen LogP contribution in [0.4, 0.5) is 0 Å². The predicted octanol–water partition coefficient (Wildman–Crippen LogP) is 6.47. The highest BCUT2D eigenvalue weighted by Crippen LogP contribution is 2.50. The molecular weight excluding hydrogens is 358 g/mol. The lowest BCUT2D eigenvalue weighted by atomic mass is 9.91. The van der Waals surface area contributed by atoms with Crippen LogP contribution in [0, 0.1) is 23.7 Å². The van der Waals surface area contributed by atoms with Gasteiger partial charge in [0, 0.05) is 16.0 Å². The number of nitrogens with two attached hydrogens (primary N) is 1. The summed E-state index contributed by atoms with van der Waals surface area (Å²) in [6, 6.07) is 12.7. The molecule has 0 bridgehead atoms. The van der Waals surface area contributed by atoms with Crippen molar-refractivity contribution >= 4 is 11.3 Å². The Labute approximate surface area is 172 Å². The Hall–Kier alpha value is -2.76. The first-order valence-corrected chi connectivity index (χ1v) is 10.8. The van der Waals surface area contributed by atoms with Crippen molar-refractivity contribution in [3.63, 3.8) is 0 Å². The fourth-order valence-electron chi connectivity index (χ4n) is 3.96. The Morgan fingerprint density at radius 2 is 2.07 bits per heavy atom. The average molecular weight is 384 g/mol. The van der Waals surface area contributed by atoms with Crippen molar-refractivity contribution < 1.29 is 0 Å². The maximum Gasteiger partial charge on any atom is 0.0342 e. The number of benzene rings is 1. The van der Waals surface area contributed by atoms with E-state index in [2.05, 4.69) is 78.8 Å². The molecule has 1 fully saturated rings. The van der Waals surface area contributed by atoms with Gasteiger partial charge in [-0.1, -0.05) is 48.3 Å². The van der Waals surface area contributed by atoms with Crippen LogP contribution in [0.2, 0.25) is 0 Å². The van der Waals surface area contributed by atoms with E-state index < -0.39 is 0 Å². The van der Waals surface area contributed by atoms with Crippen molar-refractivity contribution in [2.75, 3.05) is 0 Å². The molecule has 2 heteroatoms. The van der Waals surface area contributed by atoms with Gasteiger partial charge in [-0.3, -0.25) is 0 Å². The van der Waals surface area contributed by atoms with Gasteiger partial charge in [0.15, 0.2) is 0 Å². The van der Waals surface area contributed by atoms with Crippen LogP contribution in [-0.2, 0) is 0 Å². The molecule has 28 heavy (non-hydrogen) atoms. The predicted molar refractivity (Wildman–Crippen MR) is 121 cm³/mol. The van der Waals surface area contributed by atoms with Crippen molar-refractivity contribution in [1.29, 1.82) is 0 Å². The highest BCUT2D eigenvalue weighted by molar-refractivity contribution is 7.13. The normalized spacial score (nSPS) is 25.4. The molecule has 2 aliphatic carbocycles. The third-order valence-corrected chi connectivity index (χ3v) is 6.44. The van der Waals surface area contributed by atoms with Gasteiger partial charge in [-0.15, -0.1) is 11.3 Å². The molecule has 140 valence electrons. The van der Waals surface area contributed by atoms with Crippen LogP contribution >= 0.6 is 11.3 Å². The quantitative estimate of drug-likeness (QED) is 0.591. The van der Waals surface area contributed by atoms with Crippen LogP contribution < -0.4 is 5.73 Å². The van der Waals surface area contributed by atoms with E-state index in [-0.39, 0.29) is 0 Å². The molecule has 2 unspecified atom stereocenters. The molecule has 1 heterocycles. The third kappa shape index (κ3) is 4.06. The summed E-state index contributed by atoms with van der Waals surface area (Å²) < 4.78 is 0. The molecule has 4 rings (SSSR count). The van der Waals surface area contributed by atoms with Gasteiger partial charge in [0.1, 0.15) is 0 Å². The van der Waals surface area contributed by atoms with Gasteiger partial charge >= 0.3 is 0 Å². The van der Waals surface area contributed by atoms with E-state index in [0.717, 1.165) is 23.5 Å². The van der Waals surface area contributed by atoms with Crippen molar-refractivity contribution in [3.05, 3.63) is 94.6 Å². The van der Waals surface area contributed by atoms with Gasteiger partial charge in [0.25, 0.3) is 0 Å². The summed E-state index contributed by atoms with van der Waals surface area (Å²) in [7, 11) is 0. The molecule has 0 amide bonds. The summed E-state index contributed by atoms with van der Waals surface area (Å²) in [5.74, 6) is 8.25. The van der Waals surface area contributed by atoms with Crippen molar-refractivity contribution in [1.82, 2.24) is 0 Å². The van der Waals surface area contributed by atoms with E-state index in [4.69, 9.17) is 5.73 Å². The number of allylic oxidation sites excluding steroid dienone is 7. The van der Waals surface area contributed by atoms with Crippen LogP contribution in [0.25, 0.3) is 10.4 Å². The summed E-state index contributed by atoms with van der Waals surface area (Å²) in [4.78, 5) is 1.28. The Kier molecular flexibility index (Phi) is 5.65. The molecule has 2 aromatic rings. The first-order chi connectivity index (χ1) is 13.8. The third-order valence-electron chi connectivity index (χ3n) is 5.52. The minimum absolute atomic E-state index is 0.693. The minimum atomic E-state index is 0.693. The summed E-state index contributed by atoms with van der Waals surface area (Å²) in [5.41, 5.74) is 11.7. The monoisotopic (exact) mass is 383 g/mol. The van der Waals surface area contributed by atoms with E-state index in [9.17, 15) is 0 Å². The van der Waals surface area contributed by atoms with Gasteiger partial charge < -0.3 is 5.73 Å². The first kappa shape index (κ1) is 18.6. The Morgan fingerprint density at radius 1 is 1.21 bits per heavy atom. The summed E-state index contributed by atoms with van der Waals surface area (Å²) in [5, 5.41) is 2.10. The fourth-order valence-corrected chi connectivity index (χ4v) is 4.70. The lowest BCUT2D eigenvalue weighted by Crippen LogP contribution is -1.99. The Bertz CT molecular complexity index is 1000. The van der Waals surface area contributed by atoms with E-state index in [1.807, 2.05) is 6.08 Å². The number of rotatable bonds is 2. The zero-order valence-electron chi connectivity index (χ0n) is 16.2. The number of thiophene rings is 1. The molecule has 1 nitrogen and oxygen atoms in total. The van der Waals surface area contributed by atoms with Crippen molar-refractivity contribution in [2.24, 2.45) is 17.6 Å². The lowest BCUT2D eigenvalue weighted by Gasteiger charge is -2.13. The smallest absolute Gasteiger partial charge is 0.0342 e. The second-order valence-corrected chi connectivity index (χ2v) is 8.26. The lowest BCUT2D eigenvalue weighted by molar-refractivity contribution is 0.691. The van der Waals surface area contributed by atoms with Crippen molar-refractivity contribution in [3.8, 4) is 22.3 Å². The highest BCUT2D eigenvalue weighted by atomic mass is 32.1. The molecule has 1 saturated carbocycles. The molecule has 0 saturated heterocycles. The van der Waals surface area contributed by atoms with E-state index in [1.165, 1.54) is 34.4 Å². The fraction of sp³-hybridized carbons (Fsp3) is 0.231. The van der Waals surface area contributed by atoms with Crippen molar-refractivity contribution in [2.45, 2.75) is 26.2 Å². The van der Waals surface area contributed by atoms with Gasteiger partial charge in [0.05, 0.1) is 0 Å². The maximum absolute atomic E-state index is 5.76. The largest absolute Gasteiger partial charge is 0.405 e. The molecular formula is C26H25NS. The first-order valence-electron chi connectivity index (χ1n) is 9.91. The SMILES string of the molecule is C/C=C1C(=C(C#Cc2ccc(-c3cccs3)cc2)\C=C/N)/C=C\CCC2CC/12. The average Bonchev–Trinajstić information content (AvgIpc) is 3.23.